The Hall–Kier alpha value is -1.36. The van der Waals surface area contributed by atoms with E-state index in [1.54, 1.807) is 6.20 Å². The molecule has 0 fully saturated rings. The Bertz CT molecular complexity index is 387. The first-order chi connectivity index (χ1) is 8.49. The van der Waals surface area contributed by atoms with E-state index in [0.29, 0.717) is 12.5 Å². The van der Waals surface area contributed by atoms with Crippen LogP contribution in [-0.4, -0.2) is 28.9 Å². The first-order valence-corrected chi connectivity index (χ1v) is 6.36. The maximum absolute atomic E-state index is 11.5. The molecule has 1 aromatic rings. The fraction of sp³-hybridized carbons (Fsp3) is 0.692. The minimum atomic E-state index is -0.235. The zero-order valence-electron chi connectivity index (χ0n) is 11.6. The summed E-state index contributed by atoms with van der Waals surface area (Å²) in [6.07, 6.45) is 4.88. The van der Waals surface area contributed by atoms with Gasteiger partial charge in [-0.25, -0.2) is 0 Å². The molecule has 0 saturated heterocycles. The number of aromatic nitrogens is 2. The quantitative estimate of drug-likeness (QED) is 0.785. The van der Waals surface area contributed by atoms with Crippen LogP contribution in [0.3, 0.4) is 0 Å². The molecule has 5 heteroatoms. The van der Waals surface area contributed by atoms with Gasteiger partial charge in [0, 0.05) is 24.2 Å². The molecule has 0 aliphatic heterocycles. The van der Waals surface area contributed by atoms with Crippen LogP contribution in [-0.2, 0) is 9.53 Å². The van der Waals surface area contributed by atoms with Crippen molar-refractivity contribution < 1.29 is 9.53 Å². The predicted molar refractivity (Wildman–Crippen MR) is 70.3 cm³/mol. The van der Waals surface area contributed by atoms with Crippen molar-refractivity contribution in [1.82, 2.24) is 9.78 Å². The van der Waals surface area contributed by atoms with Crippen LogP contribution in [0.1, 0.15) is 51.1 Å². The van der Waals surface area contributed by atoms with Crippen LogP contribution in [0.25, 0.3) is 0 Å². The average Bonchev–Trinajstić information content (AvgIpc) is 2.84. The van der Waals surface area contributed by atoms with Crippen molar-refractivity contribution in [2.24, 2.45) is 5.73 Å². The molecule has 0 radical (unpaired) electrons. The number of methoxy groups -OCH3 is 1. The largest absolute Gasteiger partial charge is 0.469 e. The molecule has 1 heterocycles. The Labute approximate surface area is 108 Å². The van der Waals surface area contributed by atoms with Gasteiger partial charge in [0.25, 0.3) is 0 Å². The third-order valence-electron chi connectivity index (χ3n) is 3.18. The molecule has 2 unspecified atom stereocenters. The highest BCUT2D eigenvalue weighted by molar-refractivity contribution is 5.70. The fourth-order valence-electron chi connectivity index (χ4n) is 1.89. The minimum Gasteiger partial charge on any atom is -0.469 e. The van der Waals surface area contributed by atoms with Gasteiger partial charge in [-0.05, 0) is 25.8 Å². The van der Waals surface area contributed by atoms with Gasteiger partial charge in [0.05, 0.1) is 19.7 Å². The molecule has 0 aromatic carbocycles. The standard InChI is InChI=1S/C13H23N3O2/c1-5-12(14)11(6-13(17)18-4)10-7-15-16(8-10)9(2)3/h7-9,11-12H,5-6,14H2,1-4H3. The van der Waals surface area contributed by atoms with Gasteiger partial charge >= 0.3 is 5.97 Å². The molecule has 18 heavy (non-hydrogen) atoms. The summed E-state index contributed by atoms with van der Waals surface area (Å²) in [5.41, 5.74) is 7.10. The third kappa shape index (κ3) is 3.57. The lowest BCUT2D eigenvalue weighted by Gasteiger charge is -2.20. The summed E-state index contributed by atoms with van der Waals surface area (Å²) < 4.78 is 6.61. The maximum atomic E-state index is 11.5. The van der Waals surface area contributed by atoms with E-state index in [1.165, 1.54) is 7.11 Å². The van der Waals surface area contributed by atoms with Gasteiger partial charge in [-0.3, -0.25) is 9.48 Å². The molecule has 2 atom stereocenters. The number of nitrogens with zero attached hydrogens (tertiary/aromatic N) is 2. The van der Waals surface area contributed by atoms with Gasteiger partial charge in [-0.2, -0.15) is 5.10 Å². The zero-order chi connectivity index (χ0) is 13.7. The molecule has 1 rings (SSSR count). The van der Waals surface area contributed by atoms with Crippen LogP contribution in [0, 0.1) is 0 Å². The van der Waals surface area contributed by atoms with E-state index < -0.39 is 0 Å². The second kappa shape index (κ2) is 6.54. The number of hydrogen-bond acceptors (Lipinski definition) is 4. The highest BCUT2D eigenvalue weighted by Gasteiger charge is 2.23. The van der Waals surface area contributed by atoms with Crippen molar-refractivity contribution in [3.63, 3.8) is 0 Å². The maximum Gasteiger partial charge on any atom is 0.306 e. The Morgan fingerprint density at radius 3 is 2.67 bits per heavy atom. The summed E-state index contributed by atoms with van der Waals surface area (Å²) in [5, 5.41) is 4.30. The van der Waals surface area contributed by atoms with Crippen molar-refractivity contribution in [3.05, 3.63) is 18.0 Å². The van der Waals surface area contributed by atoms with E-state index in [2.05, 4.69) is 18.9 Å². The van der Waals surface area contributed by atoms with Crippen LogP contribution in [0.15, 0.2) is 12.4 Å². The summed E-state index contributed by atoms with van der Waals surface area (Å²) in [4.78, 5) is 11.5. The molecule has 0 aliphatic rings. The van der Waals surface area contributed by atoms with Crippen molar-refractivity contribution in [3.8, 4) is 0 Å². The molecular formula is C13H23N3O2. The minimum absolute atomic E-state index is 0.0325. The second-order valence-electron chi connectivity index (χ2n) is 4.81. The first kappa shape index (κ1) is 14.7. The Balaban J connectivity index is 2.90. The van der Waals surface area contributed by atoms with Crippen LogP contribution in [0.5, 0.6) is 0 Å². The Morgan fingerprint density at radius 1 is 1.56 bits per heavy atom. The number of carbonyl (C=O) groups excluding carboxylic acids is 1. The van der Waals surface area contributed by atoms with Crippen molar-refractivity contribution in [2.45, 2.75) is 51.6 Å². The highest BCUT2D eigenvalue weighted by Crippen LogP contribution is 2.25. The summed E-state index contributed by atoms with van der Waals surface area (Å²) in [6.45, 7) is 6.14. The molecule has 0 amide bonds. The van der Waals surface area contributed by atoms with E-state index in [4.69, 9.17) is 10.5 Å². The van der Waals surface area contributed by atoms with Crippen LogP contribution < -0.4 is 5.73 Å². The van der Waals surface area contributed by atoms with Gasteiger partial charge < -0.3 is 10.5 Å². The van der Waals surface area contributed by atoms with Gasteiger partial charge in [0.1, 0.15) is 0 Å². The first-order valence-electron chi connectivity index (χ1n) is 6.36. The van der Waals surface area contributed by atoms with Gasteiger partial charge in [0.15, 0.2) is 0 Å². The number of carbonyl (C=O) groups is 1. The van der Waals surface area contributed by atoms with E-state index >= 15 is 0 Å². The normalized spacial score (nSPS) is 14.6. The van der Waals surface area contributed by atoms with Gasteiger partial charge in [0.2, 0.25) is 0 Å². The molecule has 0 spiro atoms. The smallest absolute Gasteiger partial charge is 0.306 e. The summed E-state index contributed by atoms with van der Waals surface area (Å²) in [7, 11) is 1.40. The van der Waals surface area contributed by atoms with E-state index in [0.717, 1.165) is 12.0 Å². The van der Waals surface area contributed by atoms with Crippen LogP contribution >= 0.6 is 0 Å². The predicted octanol–water partition coefficient (Wildman–Crippen LogP) is 1.85. The number of rotatable bonds is 6. The lowest BCUT2D eigenvalue weighted by Crippen LogP contribution is -2.29. The number of nitrogens with two attached hydrogens (primary N) is 1. The second-order valence-corrected chi connectivity index (χ2v) is 4.81. The van der Waals surface area contributed by atoms with Gasteiger partial charge in [-0.1, -0.05) is 6.92 Å². The van der Waals surface area contributed by atoms with Crippen molar-refractivity contribution >= 4 is 5.97 Å². The van der Waals surface area contributed by atoms with Crippen molar-refractivity contribution in [1.29, 1.82) is 0 Å². The summed E-state index contributed by atoms with van der Waals surface area (Å²) in [5.74, 6) is -0.267. The molecule has 0 bridgehead atoms. The van der Waals surface area contributed by atoms with E-state index in [1.807, 2.05) is 17.8 Å². The molecule has 0 aliphatic carbocycles. The molecule has 102 valence electrons. The Morgan fingerprint density at radius 2 is 2.22 bits per heavy atom. The topological polar surface area (TPSA) is 70.1 Å². The summed E-state index contributed by atoms with van der Waals surface area (Å²) in [6, 6.07) is 0.240. The van der Waals surface area contributed by atoms with Crippen LogP contribution in [0.4, 0.5) is 0 Å². The SMILES string of the molecule is CCC(N)C(CC(=O)OC)c1cnn(C(C)C)c1. The average molecular weight is 253 g/mol. The zero-order valence-corrected chi connectivity index (χ0v) is 11.6. The van der Waals surface area contributed by atoms with E-state index in [-0.39, 0.29) is 17.9 Å². The molecule has 1 aromatic heterocycles. The molecule has 5 nitrogen and oxygen atoms in total. The van der Waals surface area contributed by atoms with E-state index in [9.17, 15) is 4.79 Å². The van der Waals surface area contributed by atoms with Crippen LogP contribution in [0.2, 0.25) is 0 Å². The number of hydrogen-bond donors (Lipinski definition) is 1. The lowest BCUT2D eigenvalue weighted by molar-refractivity contribution is -0.141. The third-order valence-corrected chi connectivity index (χ3v) is 3.18. The number of ether oxygens (including phenoxy) is 1. The highest BCUT2D eigenvalue weighted by atomic mass is 16.5. The van der Waals surface area contributed by atoms with Crippen molar-refractivity contribution in [2.75, 3.05) is 7.11 Å². The fourth-order valence-corrected chi connectivity index (χ4v) is 1.89. The molecule has 0 saturated carbocycles. The molecule has 2 N–H and O–H groups in total. The lowest BCUT2D eigenvalue weighted by atomic mass is 9.89. The molecular weight excluding hydrogens is 230 g/mol. The number of esters is 1. The van der Waals surface area contributed by atoms with Gasteiger partial charge in [-0.15, -0.1) is 0 Å². The summed E-state index contributed by atoms with van der Waals surface area (Å²) >= 11 is 0. The Kier molecular flexibility index (Phi) is 5.34. The monoisotopic (exact) mass is 253 g/mol.